The maximum Gasteiger partial charge on any atom is 0.255 e. The van der Waals surface area contributed by atoms with Gasteiger partial charge < -0.3 is 9.80 Å². The molecule has 26 heavy (non-hydrogen) atoms. The van der Waals surface area contributed by atoms with E-state index in [1.807, 2.05) is 30.0 Å². The molecule has 0 atom stereocenters. The summed E-state index contributed by atoms with van der Waals surface area (Å²) in [5, 5.41) is 0. The number of nitrogens with zero attached hydrogens (tertiary/aromatic N) is 4. The van der Waals surface area contributed by atoms with Crippen molar-refractivity contribution in [2.24, 2.45) is 5.41 Å². The second-order valence-corrected chi connectivity index (χ2v) is 7.70. The second kappa shape index (κ2) is 7.06. The molecule has 4 rings (SSSR count). The molecule has 0 aliphatic carbocycles. The smallest absolute Gasteiger partial charge is 0.255 e. The van der Waals surface area contributed by atoms with E-state index in [0.717, 1.165) is 57.0 Å². The quantitative estimate of drug-likeness (QED) is 0.834. The SMILES string of the molecule is Cc1cccc(N2CCC3(CCCN(C(=O)c4cccnc4)C3)CC2)n1. The van der Waals surface area contributed by atoms with Crippen molar-refractivity contribution >= 4 is 11.7 Å². The number of piperidine rings is 2. The molecule has 0 saturated carbocycles. The van der Waals surface area contributed by atoms with E-state index in [9.17, 15) is 4.79 Å². The molecule has 0 bridgehead atoms. The maximum atomic E-state index is 12.8. The summed E-state index contributed by atoms with van der Waals surface area (Å²) in [7, 11) is 0. The Morgan fingerprint density at radius 3 is 2.65 bits per heavy atom. The first-order chi connectivity index (χ1) is 12.7. The van der Waals surface area contributed by atoms with Crippen molar-refractivity contribution < 1.29 is 4.79 Å². The second-order valence-electron chi connectivity index (χ2n) is 7.70. The number of rotatable bonds is 2. The third kappa shape index (κ3) is 3.43. The number of pyridine rings is 2. The summed E-state index contributed by atoms with van der Waals surface area (Å²) in [6, 6.07) is 9.92. The monoisotopic (exact) mass is 350 g/mol. The number of aromatic nitrogens is 2. The Morgan fingerprint density at radius 1 is 1.08 bits per heavy atom. The van der Waals surface area contributed by atoms with Gasteiger partial charge in [0.2, 0.25) is 0 Å². The zero-order valence-corrected chi connectivity index (χ0v) is 15.4. The normalized spacial score (nSPS) is 19.6. The number of anilines is 1. The Hall–Kier alpha value is -2.43. The lowest BCUT2D eigenvalue weighted by Gasteiger charge is -2.48. The third-order valence-corrected chi connectivity index (χ3v) is 5.88. The van der Waals surface area contributed by atoms with Gasteiger partial charge in [-0.3, -0.25) is 9.78 Å². The van der Waals surface area contributed by atoms with Gasteiger partial charge in [0.05, 0.1) is 5.56 Å². The molecule has 0 aromatic carbocycles. The van der Waals surface area contributed by atoms with Crippen molar-refractivity contribution in [2.45, 2.75) is 32.6 Å². The van der Waals surface area contributed by atoms with Crippen LogP contribution in [0, 0.1) is 12.3 Å². The Labute approximate surface area is 155 Å². The summed E-state index contributed by atoms with van der Waals surface area (Å²) >= 11 is 0. The highest BCUT2D eigenvalue weighted by atomic mass is 16.2. The minimum absolute atomic E-state index is 0.125. The van der Waals surface area contributed by atoms with Crippen LogP contribution in [0.4, 0.5) is 5.82 Å². The molecule has 136 valence electrons. The van der Waals surface area contributed by atoms with Crippen LogP contribution in [0.25, 0.3) is 0 Å². The maximum absolute atomic E-state index is 12.8. The van der Waals surface area contributed by atoms with Crippen LogP contribution in [0.5, 0.6) is 0 Å². The van der Waals surface area contributed by atoms with Gasteiger partial charge in [-0.1, -0.05) is 6.07 Å². The molecule has 2 aliphatic heterocycles. The van der Waals surface area contributed by atoms with Crippen molar-refractivity contribution in [3.63, 3.8) is 0 Å². The van der Waals surface area contributed by atoms with Gasteiger partial charge in [-0.25, -0.2) is 4.98 Å². The van der Waals surface area contributed by atoms with E-state index in [-0.39, 0.29) is 11.3 Å². The minimum atomic E-state index is 0.125. The molecule has 2 aromatic rings. The summed E-state index contributed by atoms with van der Waals surface area (Å²) in [6.07, 6.45) is 7.95. The molecule has 1 spiro atoms. The molecule has 0 N–H and O–H groups in total. The van der Waals surface area contributed by atoms with Gasteiger partial charge in [0.15, 0.2) is 0 Å². The molecule has 2 aromatic heterocycles. The molecule has 4 heterocycles. The van der Waals surface area contributed by atoms with E-state index in [2.05, 4.69) is 27.0 Å². The van der Waals surface area contributed by atoms with E-state index in [0.29, 0.717) is 5.56 Å². The summed E-state index contributed by atoms with van der Waals surface area (Å²) in [5.74, 6) is 1.21. The number of likely N-dealkylation sites (tertiary alicyclic amines) is 1. The van der Waals surface area contributed by atoms with Crippen molar-refractivity contribution in [2.75, 3.05) is 31.1 Å². The number of hydrogen-bond donors (Lipinski definition) is 0. The standard InChI is InChI=1S/C21H26N4O/c1-17-5-2-7-19(23-17)24-13-9-21(10-14-24)8-4-12-25(16-21)20(26)18-6-3-11-22-15-18/h2-3,5-7,11,15H,4,8-10,12-14,16H2,1H3. The number of carbonyl (C=O) groups excluding carboxylic acids is 1. The molecular formula is C21H26N4O. The lowest BCUT2D eigenvalue weighted by Crippen LogP contribution is -2.51. The van der Waals surface area contributed by atoms with Gasteiger partial charge in [0, 0.05) is 44.3 Å². The predicted molar refractivity (Wildman–Crippen MR) is 102 cm³/mol. The fourth-order valence-electron chi connectivity index (χ4n) is 4.38. The van der Waals surface area contributed by atoms with E-state index >= 15 is 0 Å². The van der Waals surface area contributed by atoms with Crippen LogP contribution in [0.2, 0.25) is 0 Å². The van der Waals surface area contributed by atoms with Gasteiger partial charge >= 0.3 is 0 Å². The Morgan fingerprint density at radius 2 is 1.92 bits per heavy atom. The average molecular weight is 350 g/mol. The average Bonchev–Trinajstić information content (AvgIpc) is 2.69. The fourth-order valence-corrected chi connectivity index (χ4v) is 4.38. The molecule has 5 nitrogen and oxygen atoms in total. The van der Waals surface area contributed by atoms with Crippen LogP contribution in [0.15, 0.2) is 42.7 Å². The number of hydrogen-bond acceptors (Lipinski definition) is 4. The molecule has 0 unspecified atom stereocenters. The summed E-state index contributed by atoms with van der Waals surface area (Å²) in [4.78, 5) is 26.0. The van der Waals surface area contributed by atoms with Crippen molar-refractivity contribution in [1.82, 2.24) is 14.9 Å². The molecular weight excluding hydrogens is 324 g/mol. The minimum Gasteiger partial charge on any atom is -0.357 e. The number of amides is 1. The highest BCUT2D eigenvalue weighted by molar-refractivity contribution is 5.94. The van der Waals surface area contributed by atoms with Crippen molar-refractivity contribution in [3.8, 4) is 0 Å². The van der Waals surface area contributed by atoms with Gasteiger partial charge in [-0.05, 0) is 62.3 Å². The van der Waals surface area contributed by atoms with Crippen molar-refractivity contribution in [1.29, 1.82) is 0 Å². The van der Waals surface area contributed by atoms with E-state index in [4.69, 9.17) is 0 Å². The van der Waals surface area contributed by atoms with Gasteiger partial charge in [-0.15, -0.1) is 0 Å². The summed E-state index contributed by atoms with van der Waals surface area (Å²) in [6.45, 7) is 5.81. The molecule has 2 saturated heterocycles. The number of carbonyl (C=O) groups is 1. The highest BCUT2D eigenvalue weighted by Crippen LogP contribution is 2.40. The zero-order valence-electron chi connectivity index (χ0n) is 15.4. The van der Waals surface area contributed by atoms with Crippen LogP contribution in [0.1, 0.15) is 41.7 Å². The summed E-state index contributed by atoms with van der Waals surface area (Å²) in [5.41, 5.74) is 2.02. The van der Waals surface area contributed by atoms with E-state index in [1.165, 1.54) is 6.42 Å². The van der Waals surface area contributed by atoms with Crippen LogP contribution in [-0.4, -0.2) is 47.0 Å². The van der Waals surface area contributed by atoms with Crippen molar-refractivity contribution in [3.05, 3.63) is 54.0 Å². The number of aryl methyl sites for hydroxylation is 1. The van der Waals surface area contributed by atoms with Gasteiger partial charge in [0.25, 0.3) is 5.91 Å². The lowest BCUT2D eigenvalue weighted by atomic mass is 9.72. The Bertz CT molecular complexity index is 769. The molecule has 1 amide bonds. The Kier molecular flexibility index (Phi) is 4.62. The molecule has 0 radical (unpaired) electrons. The third-order valence-electron chi connectivity index (χ3n) is 5.88. The first kappa shape index (κ1) is 17.0. The lowest BCUT2D eigenvalue weighted by molar-refractivity contribution is 0.0433. The van der Waals surface area contributed by atoms with Crippen LogP contribution in [0.3, 0.4) is 0 Å². The largest absolute Gasteiger partial charge is 0.357 e. The topological polar surface area (TPSA) is 49.3 Å². The molecule has 5 heteroatoms. The van der Waals surface area contributed by atoms with E-state index in [1.54, 1.807) is 12.4 Å². The zero-order chi connectivity index (χ0) is 18.0. The van der Waals surface area contributed by atoms with E-state index < -0.39 is 0 Å². The predicted octanol–water partition coefficient (Wildman–Crippen LogP) is 3.31. The highest BCUT2D eigenvalue weighted by Gasteiger charge is 2.40. The first-order valence-electron chi connectivity index (χ1n) is 9.53. The molecule has 2 fully saturated rings. The fraction of sp³-hybridized carbons (Fsp3) is 0.476. The Balaban J connectivity index is 1.43. The van der Waals surface area contributed by atoms with Crippen LogP contribution < -0.4 is 4.90 Å². The summed E-state index contributed by atoms with van der Waals surface area (Å²) < 4.78 is 0. The molecule has 2 aliphatic rings. The van der Waals surface area contributed by atoms with Crippen LogP contribution >= 0.6 is 0 Å². The van der Waals surface area contributed by atoms with Crippen LogP contribution in [-0.2, 0) is 0 Å². The van der Waals surface area contributed by atoms with Gasteiger partial charge in [0.1, 0.15) is 5.82 Å². The first-order valence-corrected chi connectivity index (χ1v) is 9.53. The van der Waals surface area contributed by atoms with Gasteiger partial charge in [-0.2, -0.15) is 0 Å².